The molecule has 12 heteroatoms. The van der Waals surface area contributed by atoms with Gasteiger partial charge in [-0.1, -0.05) is 36.4 Å². The van der Waals surface area contributed by atoms with Crippen LogP contribution in [0.5, 0.6) is 0 Å². The van der Waals surface area contributed by atoms with Crippen LogP contribution in [0.25, 0.3) is 0 Å². The van der Waals surface area contributed by atoms with E-state index in [2.05, 4.69) is 37.4 Å². The molecular formula is C28H30ClN7O4. The molecule has 2 aromatic carbocycles. The summed E-state index contributed by atoms with van der Waals surface area (Å²) in [6.45, 7) is 7.22. The van der Waals surface area contributed by atoms with Crippen LogP contribution in [0, 0.1) is 0 Å². The van der Waals surface area contributed by atoms with Crippen LogP contribution in [0.4, 0.5) is 28.8 Å². The van der Waals surface area contributed by atoms with Crippen molar-refractivity contribution in [2.45, 2.75) is 0 Å². The molecule has 0 atom stereocenters. The number of likely N-dealkylation sites (N-methyl/N-ethyl adjacent to an activating group) is 1. The quantitative estimate of drug-likeness (QED) is 0.192. The zero-order valence-corrected chi connectivity index (χ0v) is 23.0. The van der Waals surface area contributed by atoms with Gasteiger partial charge in [0.2, 0.25) is 5.95 Å². The Bertz CT molecular complexity index is 1420. The highest BCUT2D eigenvalue weighted by atomic mass is 35.5. The Kier molecular flexibility index (Phi) is 9.43. The second kappa shape index (κ2) is 13.2. The summed E-state index contributed by atoms with van der Waals surface area (Å²) in [4.78, 5) is 49.6. The van der Waals surface area contributed by atoms with E-state index in [9.17, 15) is 14.4 Å². The Labute approximate surface area is 237 Å². The number of carbonyl (C=O) groups is 3. The highest BCUT2D eigenvalue weighted by Gasteiger charge is 2.22. The van der Waals surface area contributed by atoms with Crippen LogP contribution >= 0.6 is 11.6 Å². The number of nitrogens with one attached hydrogen (secondary N) is 3. The molecule has 40 heavy (non-hydrogen) atoms. The number of amides is 2. The number of hydrogen-bond donors (Lipinski definition) is 3. The number of hydrogen-bond acceptors (Lipinski definition) is 9. The van der Waals surface area contributed by atoms with E-state index in [1.807, 2.05) is 0 Å². The second-order valence-corrected chi connectivity index (χ2v) is 9.65. The van der Waals surface area contributed by atoms with Crippen molar-refractivity contribution in [2.24, 2.45) is 0 Å². The average Bonchev–Trinajstić information content (AvgIpc) is 2.95. The van der Waals surface area contributed by atoms with Gasteiger partial charge in [0.05, 0.1) is 30.7 Å². The van der Waals surface area contributed by atoms with Crippen molar-refractivity contribution >= 4 is 58.0 Å². The Morgan fingerprint density at radius 2 is 1.77 bits per heavy atom. The minimum atomic E-state index is -0.664. The Morgan fingerprint density at radius 3 is 2.52 bits per heavy atom. The third kappa shape index (κ3) is 7.41. The van der Waals surface area contributed by atoms with Crippen LogP contribution in [0.2, 0.25) is 5.02 Å². The number of carbonyl (C=O) groups excluding carboxylic acids is 3. The third-order valence-electron chi connectivity index (χ3n) is 5.99. The van der Waals surface area contributed by atoms with Gasteiger partial charge in [-0.2, -0.15) is 4.98 Å². The molecule has 4 rings (SSSR count). The number of morpholine rings is 1. The fourth-order valence-corrected chi connectivity index (χ4v) is 4.01. The van der Waals surface area contributed by atoms with Crippen molar-refractivity contribution < 1.29 is 19.1 Å². The summed E-state index contributed by atoms with van der Waals surface area (Å²) in [5.74, 6) is -1.12. The number of ketones is 1. The largest absolute Gasteiger partial charge is 0.379 e. The molecule has 3 aromatic rings. The highest BCUT2D eigenvalue weighted by Crippen LogP contribution is 2.28. The first kappa shape index (κ1) is 28.7. The minimum absolute atomic E-state index is 0.184. The standard InChI is InChI=1S/C28H30ClN7O4/c1-18(17-36-11-13-40-14-12-36)26(38)31-19-7-6-8-20(15-19)32-28-30-16-22(29)25(34-28)33-23-10-5-4-9-21(23)24(37)27(39)35(2)3/h4-10,15-16H,1,11-14,17H2,2-3H3,(H,31,38)(H2,30,32,33,34). The first-order valence-corrected chi connectivity index (χ1v) is 12.9. The van der Waals surface area contributed by atoms with Gasteiger partial charge in [0, 0.05) is 50.7 Å². The van der Waals surface area contributed by atoms with Crippen LogP contribution in [0.3, 0.4) is 0 Å². The molecule has 1 aliphatic rings. The first-order chi connectivity index (χ1) is 19.2. The van der Waals surface area contributed by atoms with Crippen LogP contribution < -0.4 is 16.0 Å². The molecule has 208 valence electrons. The van der Waals surface area contributed by atoms with Gasteiger partial charge in [-0.15, -0.1) is 0 Å². The maximum atomic E-state index is 12.7. The zero-order chi connectivity index (χ0) is 28.6. The van der Waals surface area contributed by atoms with Crippen molar-refractivity contribution in [1.82, 2.24) is 19.8 Å². The summed E-state index contributed by atoms with van der Waals surface area (Å²) in [6, 6.07) is 13.7. The van der Waals surface area contributed by atoms with Gasteiger partial charge in [0.1, 0.15) is 5.02 Å². The summed E-state index contributed by atoms with van der Waals surface area (Å²) < 4.78 is 5.35. The van der Waals surface area contributed by atoms with Crippen LogP contribution in [0.1, 0.15) is 10.4 Å². The molecule has 0 spiro atoms. The molecular weight excluding hydrogens is 534 g/mol. The maximum absolute atomic E-state index is 12.7. The Balaban J connectivity index is 1.45. The highest BCUT2D eigenvalue weighted by molar-refractivity contribution is 6.43. The summed E-state index contributed by atoms with van der Waals surface area (Å²) in [5, 5.41) is 9.21. The van der Waals surface area contributed by atoms with Gasteiger partial charge < -0.3 is 25.6 Å². The lowest BCUT2D eigenvalue weighted by molar-refractivity contribution is -0.124. The zero-order valence-electron chi connectivity index (χ0n) is 22.2. The average molecular weight is 564 g/mol. The van der Waals surface area contributed by atoms with E-state index in [1.165, 1.54) is 25.2 Å². The number of anilines is 5. The van der Waals surface area contributed by atoms with Crippen molar-refractivity contribution in [3.8, 4) is 0 Å². The monoisotopic (exact) mass is 563 g/mol. The van der Waals surface area contributed by atoms with Gasteiger partial charge in [-0.05, 0) is 30.3 Å². The van der Waals surface area contributed by atoms with E-state index in [4.69, 9.17) is 16.3 Å². The van der Waals surface area contributed by atoms with Crippen molar-refractivity contribution in [3.63, 3.8) is 0 Å². The molecule has 1 saturated heterocycles. The lowest BCUT2D eigenvalue weighted by Crippen LogP contribution is -2.38. The van der Waals surface area contributed by atoms with E-state index in [0.29, 0.717) is 42.4 Å². The molecule has 1 fully saturated rings. The summed E-state index contributed by atoms with van der Waals surface area (Å²) in [5.41, 5.74) is 2.21. The number of rotatable bonds is 10. The second-order valence-electron chi connectivity index (χ2n) is 9.24. The molecule has 3 N–H and O–H groups in total. The predicted octanol–water partition coefficient (Wildman–Crippen LogP) is 3.72. The molecule has 0 aliphatic carbocycles. The molecule has 1 aromatic heterocycles. The van der Waals surface area contributed by atoms with Gasteiger partial charge >= 0.3 is 0 Å². The molecule has 0 saturated carbocycles. The summed E-state index contributed by atoms with van der Waals surface area (Å²) in [7, 11) is 3.02. The van der Waals surface area contributed by atoms with E-state index in [1.54, 1.807) is 48.5 Å². The van der Waals surface area contributed by atoms with Crippen molar-refractivity contribution in [2.75, 3.05) is 62.9 Å². The summed E-state index contributed by atoms with van der Waals surface area (Å²) in [6.07, 6.45) is 1.41. The summed E-state index contributed by atoms with van der Waals surface area (Å²) >= 11 is 6.33. The topological polar surface area (TPSA) is 129 Å². The van der Waals surface area contributed by atoms with Crippen LogP contribution in [-0.4, -0.2) is 84.3 Å². The van der Waals surface area contributed by atoms with Gasteiger partial charge in [-0.3, -0.25) is 19.3 Å². The Hall–Kier alpha value is -4.32. The van der Waals surface area contributed by atoms with E-state index >= 15 is 0 Å². The fourth-order valence-electron chi connectivity index (χ4n) is 3.88. The molecule has 0 bridgehead atoms. The van der Waals surface area contributed by atoms with Crippen molar-refractivity contribution in [1.29, 1.82) is 0 Å². The van der Waals surface area contributed by atoms with Gasteiger partial charge in [0.15, 0.2) is 5.82 Å². The SMILES string of the molecule is C=C(CN1CCOCC1)C(=O)Nc1cccc(Nc2ncc(Cl)c(Nc3ccccc3C(=O)C(=O)N(C)C)n2)c1. The molecule has 2 heterocycles. The maximum Gasteiger partial charge on any atom is 0.294 e. The molecule has 2 amide bonds. The number of nitrogens with zero attached hydrogens (tertiary/aromatic N) is 4. The smallest absolute Gasteiger partial charge is 0.294 e. The number of para-hydroxylation sites is 1. The Morgan fingerprint density at radius 1 is 1.05 bits per heavy atom. The predicted molar refractivity (Wildman–Crippen MR) is 155 cm³/mol. The number of benzene rings is 2. The van der Waals surface area contributed by atoms with Crippen molar-refractivity contribution in [3.05, 3.63) is 77.5 Å². The molecule has 0 radical (unpaired) electrons. The lowest BCUT2D eigenvalue weighted by Gasteiger charge is -2.26. The lowest BCUT2D eigenvalue weighted by atomic mass is 10.1. The van der Waals surface area contributed by atoms with E-state index < -0.39 is 11.7 Å². The number of Topliss-reactive ketones (excluding diaryl/α,β-unsaturated/α-hetero) is 1. The minimum Gasteiger partial charge on any atom is -0.379 e. The normalized spacial score (nSPS) is 13.3. The third-order valence-corrected chi connectivity index (χ3v) is 6.26. The van der Waals surface area contributed by atoms with E-state index in [-0.39, 0.29) is 28.3 Å². The first-order valence-electron chi connectivity index (χ1n) is 12.5. The van der Waals surface area contributed by atoms with Gasteiger partial charge in [0.25, 0.3) is 17.6 Å². The van der Waals surface area contributed by atoms with Crippen LogP contribution in [-0.2, 0) is 14.3 Å². The molecule has 0 unspecified atom stereocenters. The van der Waals surface area contributed by atoms with Gasteiger partial charge in [-0.25, -0.2) is 4.98 Å². The number of ether oxygens (including phenoxy) is 1. The fraction of sp³-hybridized carbons (Fsp3) is 0.250. The molecule has 1 aliphatic heterocycles. The van der Waals surface area contributed by atoms with Crippen LogP contribution in [0.15, 0.2) is 66.9 Å². The number of halogens is 1. The number of aromatic nitrogens is 2. The molecule has 11 nitrogen and oxygen atoms in total. The van der Waals surface area contributed by atoms with E-state index in [0.717, 1.165) is 13.1 Å².